The molecule has 0 fully saturated rings. The molecule has 0 saturated carbocycles. The van der Waals surface area contributed by atoms with Gasteiger partial charge in [-0.25, -0.2) is 0 Å². The second-order valence-electron chi connectivity index (χ2n) is 4.47. The van der Waals surface area contributed by atoms with Crippen LogP contribution in [0.1, 0.15) is 37.7 Å². The van der Waals surface area contributed by atoms with Crippen LogP contribution in [0.4, 0.5) is 0 Å². The second-order valence-corrected chi connectivity index (χ2v) is 4.88. The normalized spacial score (nSPS) is 11.8. The van der Waals surface area contributed by atoms with Crippen LogP contribution in [0.2, 0.25) is 5.02 Å². The highest BCUT2D eigenvalue weighted by molar-refractivity contribution is 6.31. The van der Waals surface area contributed by atoms with Gasteiger partial charge in [-0.2, -0.15) is 0 Å². The Morgan fingerprint density at radius 3 is 2.23 bits per heavy atom. The van der Waals surface area contributed by atoms with Crippen LogP contribution in [0.3, 0.4) is 0 Å². The van der Waals surface area contributed by atoms with Gasteiger partial charge in [-0.3, -0.25) is 4.98 Å². The van der Waals surface area contributed by atoms with Crippen molar-refractivity contribution in [2.45, 2.75) is 40.0 Å². The topological polar surface area (TPSA) is 12.9 Å². The Balaban J connectivity index is 3.32. The predicted octanol–water partition coefficient (Wildman–Crippen LogP) is 3.65. The lowest BCUT2D eigenvalue weighted by atomic mass is 9.88. The first-order chi connectivity index (χ1) is 5.82. The van der Waals surface area contributed by atoms with Gasteiger partial charge in [0.05, 0.1) is 10.7 Å². The maximum Gasteiger partial charge on any atom is 0.0621 e. The fraction of sp³-hybridized carbons (Fsp3) is 0.545. The molecule has 0 aliphatic rings. The molecule has 1 aromatic heterocycles. The van der Waals surface area contributed by atoms with E-state index in [0.717, 1.165) is 16.4 Å². The molecule has 0 atom stereocenters. The number of aromatic nitrogens is 1. The van der Waals surface area contributed by atoms with Crippen molar-refractivity contribution in [2.75, 3.05) is 0 Å². The summed E-state index contributed by atoms with van der Waals surface area (Å²) in [5.41, 5.74) is 3.31. The van der Waals surface area contributed by atoms with Crippen molar-refractivity contribution >= 4 is 11.6 Å². The number of hydrogen-bond acceptors (Lipinski definition) is 1. The molecule has 1 rings (SSSR count). The smallest absolute Gasteiger partial charge is 0.0621 e. The van der Waals surface area contributed by atoms with Crippen molar-refractivity contribution in [1.82, 2.24) is 4.98 Å². The van der Waals surface area contributed by atoms with Crippen molar-refractivity contribution in [3.8, 4) is 0 Å². The molecule has 0 amide bonds. The van der Waals surface area contributed by atoms with E-state index in [9.17, 15) is 0 Å². The molecule has 13 heavy (non-hydrogen) atoms. The highest BCUT2D eigenvalue weighted by Crippen LogP contribution is 2.26. The molecule has 0 aliphatic carbocycles. The van der Waals surface area contributed by atoms with E-state index < -0.39 is 0 Å². The summed E-state index contributed by atoms with van der Waals surface area (Å²) in [5.74, 6) is 0. The number of pyridine rings is 1. The first kappa shape index (κ1) is 10.5. The van der Waals surface area contributed by atoms with E-state index in [2.05, 4.69) is 32.7 Å². The van der Waals surface area contributed by atoms with Crippen LogP contribution in [0, 0.1) is 13.8 Å². The molecule has 72 valence electrons. The quantitative estimate of drug-likeness (QED) is 0.619. The molecular weight excluding hydrogens is 182 g/mol. The van der Waals surface area contributed by atoms with Gasteiger partial charge in [-0.1, -0.05) is 32.4 Å². The van der Waals surface area contributed by atoms with Crippen LogP contribution >= 0.6 is 11.6 Å². The highest BCUT2D eigenvalue weighted by Gasteiger charge is 2.18. The summed E-state index contributed by atoms with van der Waals surface area (Å²) in [4.78, 5) is 4.51. The summed E-state index contributed by atoms with van der Waals surface area (Å²) in [6.07, 6.45) is 0. The van der Waals surface area contributed by atoms with Gasteiger partial charge in [0.15, 0.2) is 0 Å². The second kappa shape index (κ2) is 3.30. The van der Waals surface area contributed by atoms with E-state index in [-0.39, 0.29) is 5.41 Å². The minimum Gasteiger partial charge on any atom is -0.256 e. The van der Waals surface area contributed by atoms with Gasteiger partial charge >= 0.3 is 0 Å². The SMILES string of the molecule is Cc1cc(Cl)c(C)nc1C(C)(C)C. The lowest BCUT2D eigenvalue weighted by Gasteiger charge is -2.21. The summed E-state index contributed by atoms with van der Waals surface area (Å²) in [5, 5.41) is 0.755. The average Bonchev–Trinajstić information content (AvgIpc) is 1.94. The molecule has 0 bridgehead atoms. The molecule has 0 saturated heterocycles. The van der Waals surface area contributed by atoms with Gasteiger partial charge in [-0.05, 0) is 25.5 Å². The summed E-state index contributed by atoms with van der Waals surface area (Å²) < 4.78 is 0. The third-order valence-corrected chi connectivity index (χ3v) is 2.43. The molecular formula is C11H16ClN. The average molecular weight is 198 g/mol. The van der Waals surface area contributed by atoms with Gasteiger partial charge in [-0.15, -0.1) is 0 Å². The fourth-order valence-electron chi connectivity index (χ4n) is 1.43. The molecule has 0 aliphatic heterocycles. The molecule has 0 spiro atoms. The Kier molecular flexibility index (Phi) is 2.67. The molecule has 0 radical (unpaired) electrons. The maximum absolute atomic E-state index is 5.97. The zero-order valence-corrected chi connectivity index (χ0v) is 9.66. The van der Waals surface area contributed by atoms with Gasteiger partial charge in [0.1, 0.15) is 0 Å². The Bertz CT molecular complexity index is 324. The number of aryl methyl sites for hydroxylation is 2. The van der Waals surface area contributed by atoms with Crippen LogP contribution < -0.4 is 0 Å². The lowest BCUT2D eigenvalue weighted by molar-refractivity contribution is 0.562. The van der Waals surface area contributed by atoms with E-state index in [1.165, 1.54) is 5.56 Å². The first-order valence-corrected chi connectivity index (χ1v) is 4.84. The zero-order valence-electron chi connectivity index (χ0n) is 8.90. The van der Waals surface area contributed by atoms with Crippen molar-refractivity contribution in [1.29, 1.82) is 0 Å². The number of rotatable bonds is 0. The van der Waals surface area contributed by atoms with Gasteiger partial charge in [0, 0.05) is 11.1 Å². The van der Waals surface area contributed by atoms with Crippen LogP contribution in [-0.2, 0) is 5.41 Å². The minimum absolute atomic E-state index is 0.0967. The van der Waals surface area contributed by atoms with Crippen LogP contribution in [0.5, 0.6) is 0 Å². The predicted molar refractivity (Wildman–Crippen MR) is 57.4 cm³/mol. The van der Waals surface area contributed by atoms with E-state index in [1.54, 1.807) is 0 Å². The Labute approximate surface area is 85.1 Å². The Hall–Kier alpha value is -0.560. The van der Waals surface area contributed by atoms with E-state index in [1.807, 2.05) is 13.0 Å². The van der Waals surface area contributed by atoms with Crippen LogP contribution in [0.15, 0.2) is 6.07 Å². The van der Waals surface area contributed by atoms with Crippen molar-refractivity contribution < 1.29 is 0 Å². The fourth-order valence-corrected chi connectivity index (χ4v) is 1.64. The molecule has 1 heterocycles. The Morgan fingerprint density at radius 2 is 1.77 bits per heavy atom. The van der Waals surface area contributed by atoms with Gasteiger partial charge < -0.3 is 0 Å². The number of hydrogen-bond donors (Lipinski definition) is 0. The molecule has 2 heteroatoms. The van der Waals surface area contributed by atoms with E-state index in [4.69, 9.17) is 11.6 Å². The third-order valence-electron chi connectivity index (χ3n) is 2.05. The van der Waals surface area contributed by atoms with E-state index >= 15 is 0 Å². The largest absolute Gasteiger partial charge is 0.256 e. The summed E-state index contributed by atoms with van der Waals surface area (Å²) in [6, 6.07) is 1.99. The summed E-state index contributed by atoms with van der Waals surface area (Å²) >= 11 is 5.97. The molecule has 1 aromatic rings. The third kappa shape index (κ3) is 2.22. The molecule has 0 aromatic carbocycles. The van der Waals surface area contributed by atoms with Crippen molar-refractivity contribution in [3.05, 3.63) is 28.0 Å². The maximum atomic E-state index is 5.97. The molecule has 0 unspecified atom stereocenters. The van der Waals surface area contributed by atoms with Crippen LogP contribution in [0.25, 0.3) is 0 Å². The van der Waals surface area contributed by atoms with Crippen LogP contribution in [-0.4, -0.2) is 4.98 Å². The Morgan fingerprint density at radius 1 is 1.23 bits per heavy atom. The monoisotopic (exact) mass is 197 g/mol. The number of halogens is 1. The summed E-state index contributed by atoms with van der Waals surface area (Å²) in [7, 11) is 0. The zero-order chi connectivity index (χ0) is 10.2. The van der Waals surface area contributed by atoms with Crippen molar-refractivity contribution in [2.24, 2.45) is 0 Å². The molecule has 1 nitrogen and oxygen atoms in total. The lowest BCUT2D eigenvalue weighted by Crippen LogP contribution is -2.16. The summed E-state index contributed by atoms with van der Waals surface area (Å²) in [6.45, 7) is 10.5. The number of nitrogens with zero attached hydrogens (tertiary/aromatic N) is 1. The van der Waals surface area contributed by atoms with Crippen molar-refractivity contribution in [3.63, 3.8) is 0 Å². The minimum atomic E-state index is 0.0967. The van der Waals surface area contributed by atoms with Gasteiger partial charge in [0.2, 0.25) is 0 Å². The highest BCUT2D eigenvalue weighted by atomic mass is 35.5. The van der Waals surface area contributed by atoms with Gasteiger partial charge in [0.25, 0.3) is 0 Å². The first-order valence-electron chi connectivity index (χ1n) is 4.46. The molecule has 0 N–H and O–H groups in total. The standard InChI is InChI=1S/C11H16ClN/c1-7-6-9(12)8(2)13-10(7)11(3,4)5/h6H,1-5H3. The van der Waals surface area contributed by atoms with E-state index in [0.29, 0.717) is 0 Å².